The molecule has 0 saturated heterocycles. The first-order chi connectivity index (χ1) is 7.68. The van der Waals surface area contributed by atoms with E-state index < -0.39 is 0 Å². The van der Waals surface area contributed by atoms with Crippen LogP contribution in [0.1, 0.15) is 24.8 Å². The van der Waals surface area contributed by atoms with Gasteiger partial charge in [0.1, 0.15) is 0 Å². The number of furan rings is 1. The summed E-state index contributed by atoms with van der Waals surface area (Å²) in [6, 6.07) is 1.91. The molecule has 1 heterocycles. The molecule has 1 aliphatic rings. The zero-order valence-electron chi connectivity index (χ0n) is 9.56. The van der Waals surface area contributed by atoms with E-state index in [9.17, 15) is 4.79 Å². The predicted molar refractivity (Wildman–Crippen MR) is 60.5 cm³/mol. The van der Waals surface area contributed by atoms with Crippen molar-refractivity contribution in [2.24, 2.45) is 11.7 Å². The summed E-state index contributed by atoms with van der Waals surface area (Å²) in [7, 11) is 1.82. The second-order valence-electron chi connectivity index (χ2n) is 4.53. The van der Waals surface area contributed by atoms with Gasteiger partial charge < -0.3 is 15.1 Å². The third kappa shape index (κ3) is 2.27. The van der Waals surface area contributed by atoms with Crippen LogP contribution in [0, 0.1) is 5.92 Å². The molecule has 4 heteroatoms. The molecule has 0 bridgehead atoms. The number of carbonyl (C=O) groups excluding carboxylic acids is 1. The number of rotatable bonds is 3. The summed E-state index contributed by atoms with van der Waals surface area (Å²) in [6.07, 6.45) is 6.25. The highest BCUT2D eigenvalue weighted by molar-refractivity contribution is 5.79. The molecule has 4 nitrogen and oxygen atoms in total. The van der Waals surface area contributed by atoms with Crippen molar-refractivity contribution < 1.29 is 9.21 Å². The largest absolute Gasteiger partial charge is 0.472 e. The van der Waals surface area contributed by atoms with Gasteiger partial charge in [0.2, 0.25) is 5.91 Å². The average molecular weight is 222 g/mol. The minimum Gasteiger partial charge on any atom is -0.472 e. The van der Waals surface area contributed by atoms with Gasteiger partial charge in [-0.2, -0.15) is 0 Å². The first-order valence-electron chi connectivity index (χ1n) is 5.70. The van der Waals surface area contributed by atoms with E-state index in [-0.39, 0.29) is 17.9 Å². The summed E-state index contributed by atoms with van der Waals surface area (Å²) in [4.78, 5) is 13.8. The highest BCUT2D eigenvalue weighted by Crippen LogP contribution is 2.25. The van der Waals surface area contributed by atoms with Crippen molar-refractivity contribution in [1.82, 2.24) is 4.90 Å². The second-order valence-corrected chi connectivity index (χ2v) is 4.53. The summed E-state index contributed by atoms with van der Waals surface area (Å²) in [5.41, 5.74) is 6.94. The van der Waals surface area contributed by atoms with Crippen LogP contribution in [0.25, 0.3) is 0 Å². The molecule has 1 aromatic rings. The average Bonchev–Trinajstić information content (AvgIpc) is 2.88. The Kier molecular flexibility index (Phi) is 3.29. The maximum absolute atomic E-state index is 12.1. The van der Waals surface area contributed by atoms with Gasteiger partial charge >= 0.3 is 0 Å². The van der Waals surface area contributed by atoms with Gasteiger partial charge in [0.15, 0.2) is 0 Å². The van der Waals surface area contributed by atoms with Crippen LogP contribution in [0.4, 0.5) is 0 Å². The lowest BCUT2D eigenvalue weighted by atomic mass is 10.0. The molecule has 16 heavy (non-hydrogen) atoms. The molecule has 0 spiro atoms. The fraction of sp³-hybridized carbons (Fsp3) is 0.583. The Hall–Kier alpha value is -1.29. The summed E-state index contributed by atoms with van der Waals surface area (Å²) >= 11 is 0. The van der Waals surface area contributed by atoms with Gasteiger partial charge in [-0.3, -0.25) is 4.79 Å². The van der Waals surface area contributed by atoms with Crippen LogP contribution in [0.3, 0.4) is 0 Å². The molecule has 2 unspecified atom stereocenters. The van der Waals surface area contributed by atoms with E-state index in [2.05, 4.69) is 0 Å². The van der Waals surface area contributed by atoms with Crippen molar-refractivity contribution in [1.29, 1.82) is 0 Å². The molecule has 1 aromatic heterocycles. The SMILES string of the molecule is CN(Cc1ccoc1)C(=O)C1CCCC1N. The lowest BCUT2D eigenvalue weighted by Crippen LogP contribution is -2.39. The highest BCUT2D eigenvalue weighted by Gasteiger charge is 2.32. The summed E-state index contributed by atoms with van der Waals surface area (Å²) in [5, 5.41) is 0. The molecule has 2 atom stereocenters. The molecule has 1 fully saturated rings. The van der Waals surface area contributed by atoms with Crippen molar-refractivity contribution in [3.05, 3.63) is 24.2 Å². The van der Waals surface area contributed by atoms with Gasteiger partial charge in [0.25, 0.3) is 0 Å². The number of hydrogen-bond acceptors (Lipinski definition) is 3. The van der Waals surface area contributed by atoms with Crippen molar-refractivity contribution >= 4 is 5.91 Å². The molecule has 2 N–H and O–H groups in total. The number of amides is 1. The molecule has 2 rings (SSSR count). The number of hydrogen-bond donors (Lipinski definition) is 1. The Labute approximate surface area is 95.4 Å². The van der Waals surface area contributed by atoms with Crippen molar-refractivity contribution in [3.8, 4) is 0 Å². The van der Waals surface area contributed by atoms with Gasteiger partial charge in [-0.25, -0.2) is 0 Å². The molecule has 88 valence electrons. The highest BCUT2D eigenvalue weighted by atomic mass is 16.3. The zero-order chi connectivity index (χ0) is 11.5. The molecule has 1 amide bonds. The Morgan fingerprint density at radius 1 is 1.62 bits per heavy atom. The van der Waals surface area contributed by atoms with Crippen molar-refractivity contribution in [2.45, 2.75) is 31.8 Å². The van der Waals surface area contributed by atoms with Gasteiger partial charge in [0, 0.05) is 25.2 Å². The van der Waals surface area contributed by atoms with E-state index in [0.717, 1.165) is 24.8 Å². The van der Waals surface area contributed by atoms with Crippen molar-refractivity contribution in [2.75, 3.05) is 7.05 Å². The third-order valence-electron chi connectivity index (χ3n) is 3.26. The number of nitrogens with zero attached hydrogens (tertiary/aromatic N) is 1. The maximum Gasteiger partial charge on any atom is 0.227 e. The van der Waals surface area contributed by atoms with Gasteiger partial charge in [-0.1, -0.05) is 6.42 Å². The molecule has 0 radical (unpaired) electrons. The first-order valence-corrected chi connectivity index (χ1v) is 5.70. The topological polar surface area (TPSA) is 59.5 Å². The minimum atomic E-state index is 0.0110. The standard InChI is InChI=1S/C12H18N2O2/c1-14(7-9-5-6-16-8-9)12(15)10-3-2-4-11(10)13/h5-6,8,10-11H,2-4,7,13H2,1H3. The fourth-order valence-corrected chi connectivity index (χ4v) is 2.31. The van der Waals surface area contributed by atoms with Crippen LogP contribution in [-0.4, -0.2) is 23.9 Å². The summed E-state index contributed by atoms with van der Waals surface area (Å²) in [6.45, 7) is 0.596. The smallest absolute Gasteiger partial charge is 0.227 e. The molecule has 0 aromatic carbocycles. The van der Waals surface area contributed by atoms with E-state index in [0.29, 0.717) is 6.54 Å². The van der Waals surface area contributed by atoms with E-state index >= 15 is 0 Å². The van der Waals surface area contributed by atoms with Crippen LogP contribution < -0.4 is 5.73 Å². The first kappa shape index (κ1) is 11.2. The fourth-order valence-electron chi connectivity index (χ4n) is 2.31. The Morgan fingerprint density at radius 3 is 3.00 bits per heavy atom. The van der Waals surface area contributed by atoms with Crippen LogP contribution in [0.2, 0.25) is 0 Å². The van der Waals surface area contributed by atoms with Gasteiger partial charge in [-0.05, 0) is 18.9 Å². The van der Waals surface area contributed by atoms with Crippen LogP contribution in [0.5, 0.6) is 0 Å². The maximum atomic E-state index is 12.1. The van der Waals surface area contributed by atoms with Crippen LogP contribution >= 0.6 is 0 Å². The lowest BCUT2D eigenvalue weighted by molar-refractivity contribution is -0.134. The quantitative estimate of drug-likeness (QED) is 0.840. The van der Waals surface area contributed by atoms with E-state index in [1.807, 2.05) is 13.1 Å². The molecular formula is C12H18N2O2. The van der Waals surface area contributed by atoms with Gasteiger partial charge in [-0.15, -0.1) is 0 Å². The second kappa shape index (κ2) is 4.70. The number of nitrogens with two attached hydrogens (primary N) is 1. The van der Waals surface area contributed by atoms with E-state index in [4.69, 9.17) is 10.2 Å². The lowest BCUT2D eigenvalue weighted by Gasteiger charge is -2.22. The summed E-state index contributed by atoms with van der Waals surface area (Å²) in [5.74, 6) is 0.170. The predicted octanol–water partition coefficient (Wildman–Crippen LogP) is 1.37. The monoisotopic (exact) mass is 222 g/mol. The van der Waals surface area contributed by atoms with Crippen LogP contribution in [-0.2, 0) is 11.3 Å². The summed E-state index contributed by atoms with van der Waals surface area (Å²) < 4.78 is 4.98. The third-order valence-corrected chi connectivity index (χ3v) is 3.26. The molecular weight excluding hydrogens is 204 g/mol. The van der Waals surface area contributed by atoms with E-state index in [1.54, 1.807) is 17.4 Å². The molecule has 1 aliphatic carbocycles. The Balaban J connectivity index is 1.94. The Bertz CT molecular complexity index is 348. The zero-order valence-corrected chi connectivity index (χ0v) is 9.56. The number of carbonyl (C=O) groups is 1. The van der Waals surface area contributed by atoms with E-state index in [1.165, 1.54) is 0 Å². The molecule has 0 aliphatic heterocycles. The Morgan fingerprint density at radius 2 is 2.44 bits per heavy atom. The normalized spacial score (nSPS) is 24.6. The van der Waals surface area contributed by atoms with Gasteiger partial charge in [0.05, 0.1) is 18.4 Å². The molecule has 1 saturated carbocycles. The van der Waals surface area contributed by atoms with Crippen molar-refractivity contribution in [3.63, 3.8) is 0 Å². The van der Waals surface area contributed by atoms with Crippen LogP contribution in [0.15, 0.2) is 23.0 Å². The minimum absolute atomic E-state index is 0.0110.